The molecule has 2 aromatic rings. The van der Waals surface area contributed by atoms with Gasteiger partial charge in [-0.1, -0.05) is 23.8 Å². The largest absolute Gasteiger partial charge is 0.378 e. The Hall–Kier alpha value is -1.70. The Morgan fingerprint density at radius 3 is 2.94 bits per heavy atom. The zero-order chi connectivity index (χ0) is 12.3. The molecule has 0 saturated heterocycles. The lowest BCUT2D eigenvalue weighted by Gasteiger charge is -1.97. The van der Waals surface area contributed by atoms with Crippen molar-refractivity contribution in [2.24, 2.45) is 0 Å². The van der Waals surface area contributed by atoms with Crippen molar-refractivity contribution in [1.82, 2.24) is 4.98 Å². The molecule has 0 saturated carbocycles. The summed E-state index contributed by atoms with van der Waals surface area (Å²) in [5.41, 5.74) is 2.95. The predicted octanol–water partition coefficient (Wildman–Crippen LogP) is 3.14. The third-order valence-electron chi connectivity index (χ3n) is 2.34. The van der Waals surface area contributed by atoms with Crippen molar-refractivity contribution in [3.8, 4) is 16.6 Å². The minimum absolute atomic E-state index is 0.380. The summed E-state index contributed by atoms with van der Waals surface area (Å²) in [6.45, 7) is 2.42. The van der Waals surface area contributed by atoms with Gasteiger partial charge in [0.15, 0.2) is 0 Å². The van der Waals surface area contributed by atoms with E-state index in [1.165, 1.54) is 16.9 Å². The smallest absolute Gasteiger partial charge is 0.130 e. The van der Waals surface area contributed by atoms with E-state index in [9.17, 15) is 0 Å². The first-order valence-electron chi connectivity index (χ1n) is 5.20. The van der Waals surface area contributed by atoms with Crippen LogP contribution < -0.4 is 0 Å². The summed E-state index contributed by atoms with van der Waals surface area (Å²) in [5.74, 6) is 0. The van der Waals surface area contributed by atoms with Gasteiger partial charge in [-0.15, -0.1) is 11.3 Å². The molecule has 1 aromatic heterocycles. The lowest BCUT2D eigenvalue weighted by molar-refractivity contribution is 0.182. The number of hydrogen-bond acceptors (Lipinski definition) is 4. The molecule has 0 spiro atoms. The van der Waals surface area contributed by atoms with Crippen LogP contribution in [0.5, 0.6) is 0 Å². The zero-order valence-corrected chi connectivity index (χ0v) is 10.5. The predicted molar refractivity (Wildman–Crippen MR) is 67.7 cm³/mol. The number of hydrogen-bond donors (Lipinski definition) is 0. The van der Waals surface area contributed by atoms with Crippen molar-refractivity contribution in [2.75, 3.05) is 7.11 Å². The Morgan fingerprint density at radius 2 is 2.29 bits per heavy atom. The summed E-state index contributed by atoms with van der Waals surface area (Å²) in [6, 6.07) is 10.3. The fourth-order valence-electron chi connectivity index (χ4n) is 1.58. The number of aryl methyl sites for hydroxylation is 1. The molecule has 0 aliphatic carbocycles. The van der Waals surface area contributed by atoms with Gasteiger partial charge in [-0.05, 0) is 13.0 Å². The second-order valence-corrected chi connectivity index (χ2v) is 4.71. The monoisotopic (exact) mass is 244 g/mol. The molecule has 0 bridgehead atoms. The van der Waals surface area contributed by atoms with Crippen LogP contribution in [0, 0.1) is 18.3 Å². The van der Waals surface area contributed by atoms with E-state index in [4.69, 9.17) is 10.00 Å². The molecule has 0 amide bonds. The molecule has 0 atom stereocenters. The molecule has 0 radical (unpaired) electrons. The van der Waals surface area contributed by atoms with E-state index in [0.29, 0.717) is 11.5 Å². The van der Waals surface area contributed by atoms with Crippen LogP contribution in [-0.2, 0) is 11.3 Å². The SMILES string of the molecule is COCc1nc(-c2cccc(C)c2)sc1C#N. The highest BCUT2D eigenvalue weighted by atomic mass is 32.1. The Balaban J connectivity index is 2.43. The van der Waals surface area contributed by atoms with E-state index in [-0.39, 0.29) is 0 Å². The molecular formula is C13H12N2OS. The van der Waals surface area contributed by atoms with Gasteiger partial charge in [0.1, 0.15) is 16.0 Å². The van der Waals surface area contributed by atoms with Crippen LogP contribution in [-0.4, -0.2) is 12.1 Å². The number of methoxy groups -OCH3 is 1. The van der Waals surface area contributed by atoms with Crippen molar-refractivity contribution >= 4 is 11.3 Å². The van der Waals surface area contributed by atoms with Crippen LogP contribution in [0.25, 0.3) is 10.6 Å². The Labute approximate surface area is 104 Å². The maximum Gasteiger partial charge on any atom is 0.130 e. The molecule has 1 heterocycles. The summed E-state index contributed by atoms with van der Waals surface area (Å²) in [7, 11) is 1.60. The van der Waals surface area contributed by atoms with Crippen LogP contribution in [0.1, 0.15) is 16.1 Å². The first-order valence-corrected chi connectivity index (χ1v) is 6.02. The maximum atomic E-state index is 9.02. The standard InChI is InChI=1S/C13H12N2OS/c1-9-4-3-5-10(6-9)13-15-11(8-16-2)12(7-14)17-13/h3-6H,8H2,1-2H3. The molecular weight excluding hydrogens is 232 g/mol. The summed E-state index contributed by atoms with van der Waals surface area (Å²) in [6.07, 6.45) is 0. The Morgan fingerprint density at radius 1 is 1.47 bits per heavy atom. The van der Waals surface area contributed by atoms with E-state index in [0.717, 1.165) is 16.3 Å². The lowest BCUT2D eigenvalue weighted by Crippen LogP contribution is -1.90. The maximum absolute atomic E-state index is 9.02. The summed E-state index contributed by atoms with van der Waals surface area (Å²) < 4.78 is 5.04. The third-order valence-corrected chi connectivity index (χ3v) is 3.40. The molecule has 0 fully saturated rings. The van der Waals surface area contributed by atoms with Gasteiger partial charge in [0, 0.05) is 12.7 Å². The molecule has 17 heavy (non-hydrogen) atoms. The number of nitrogens with zero attached hydrogens (tertiary/aromatic N) is 2. The average molecular weight is 244 g/mol. The Kier molecular flexibility index (Phi) is 3.52. The van der Waals surface area contributed by atoms with Gasteiger partial charge in [-0.25, -0.2) is 4.98 Å². The second kappa shape index (κ2) is 5.09. The van der Waals surface area contributed by atoms with E-state index in [2.05, 4.69) is 17.1 Å². The van der Waals surface area contributed by atoms with Crippen LogP contribution in [0.3, 0.4) is 0 Å². The molecule has 0 aliphatic rings. The van der Waals surface area contributed by atoms with Crippen molar-refractivity contribution < 1.29 is 4.74 Å². The van der Waals surface area contributed by atoms with Crippen LogP contribution in [0.15, 0.2) is 24.3 Å². The van der Waals surface area contributed by atoms with Gasteiger partial charge < -0.3 is 4.74 Å². The first kappa shape index (κ1) is 11.8. The minimum atomic E-state index is 0.380. The molecule has 4 heteroatoms. The minimum Gasteiger partial charge on any atom is -0.378 e. The summed E-state index contributed by atoms with van der Waals surface area (Å²) in [5, 5.41) is 9.90. The summed E-state index contributed by atoms with van der Waals surface area (Å²) >= 11 is 1.41. The quantitative estimate of drug-likeness (QED) is 0.833. The molecule has 2 rings (SSSR count). The van der Waals surface area contributed by atoms with E-state index < -0.39 is 0 Å². The highest BCUT2D eigenvalue weighted by Gasteiger charge is 2.11. The average Bonchev–Trinajstić information content (AvgIpc) is 2.73. The number of rotatable bonds is 3. The Bertz CT molecular complexity index is 569. The molecule has 0 unspecified atom stereocenters. The number of nitriles is 1. The number of thiazole rings is 1. The van der Waals surface area contributed by atoms with Gasteiger partial charge in [0.25, 0.3) is 0 Å². The van der Waals surface area contributed by atoms with E-state index >= 15 is 0 Å². The third kappa shape index (κ3) is 2.52. The fourth-order valence-corrected chi connectivity index (χ4v) is 2.44. The van der Waals surface area contributed by atoms with Crippen molar-refractivity contribution in [3.63, 3.8) is 0 Å². The number of aromatic nitrogens is 1. The van der Waals surface area contributed by atoms with Crippen LogP contribution in [0.4, 0.5) is 0 Å². The van der Waals surface area contributed by atoms with E-state index in [1.807, 2.05) is 25.1 Å². The van der Waals surface area contributed by atoms with Gasteiger partial charge in [-0.3, -0.25) is 0 Å². The molecule has 86 valence electrons. The number of benzene rings is 1. The number of ether oxygens (including phenoxy) is 1. The van der Waals surface area contributed by atoms with Gasteiger partial charge in [0.2, 0.25) is 0 Å². The molecule has 0 N–H and O–H groups in total. The lowest BCUT2D eigenvalue weighted by atomic mass is 10.1. The van der Waals surface area contributed by atoms with E-state index in [1.54, 1.807) is 7.11 Å². The van der Waals surface area contributed by atoms with Gasteiger partial charge >= 0.3 is 0 Å². The van der Waals surface area contributed by atoms with Gasteiger partial charge in [-0.2, -0.15) is 5.26 Å². The zero-order valence-electron chi connectivity index (χ0n) is 9.73. The molecule has 0 aliphatic heterocycles. The first-order chi connectivity index (χ1) is 8.24. The highest BCUT2D eigenvalue weighted by molar-refractivity contribution is 7.15. The molecule has 3 nitrogen and oxygen atoms in total. The molecule has 1 aromatic carbocycles. The van der Waals surface area contributed by atoms with Crippen LogP contribution >= 0.6 is 11.3 Å². The topological polar surface area (TPSA) is 45.9 Å². The second-order valence-electron chi connectivity index (χ2n) is 3.71. The highest BCUT2D eigenvalue weighted by Crippen LogP contribution is 2.28. The summed E-state index contributed by atoms with van der Waals surface area (Å²) in [4.78, 5) is 5.08. The van der Waals surface area contributed by atoms with Crippen LogP contribution in [0.2, 0.25) is 0 Å². The normalized spacial score (nSPS) is 10.2. The van der Waals surface area contributed by atoms with Crippen molar-refractivity contribution in [1.29, 1.82) is 5.26 Å². The van der Waals surface area contributed by atoms with Gasteiger partial charge in [0.05, 0.1) is 12.3 Å². The van der Waals surface area contributed by atoms with Crippen molar-refractivity contribution in [2.45, 2.75) is 13.5 Å². The van der Waals surface area contributed by atoms with Crippen molar-refractivity contribution in [3.05, 3.63) is 40.4 Å². The fraction of sp³-hybridized carbons (Fsp3) is 0.231.